The van der Waals surface area contributed by atoms with Crippen LogP contribution in [0.3, 0.4) is 0 Å². The molecule has 100 valence electrons. The van der Waals surface area contributed by atoms with Crippen molar-refractivity contribution in [2.24, 2.45) is 5.84 Å². The molecule has 0 aromatic carbocycles. The molecule has 0 bridgehead atoms. The smallest absolute Gasteiger partial charge is 0.322 e. The summed E-state index contributed by atoms with van der Waals surface area (Å²) in [4.78, 5) is 12.1. The number of nitrogen functional groups attached to an aromatic ring is 1. The van der Waals surface area contributed by atoms with Gasteiger partial charge in [-0.15, -0.1) is 0 Å². The first-order valence-electron chi connectivity index (χ1n) is 5.87. The Morgan fingerprint density at radius 2 is 1.94 bits per heavy atom. The lowest BCUT2D eigenvalue weighted by Crippen LogP contribution is -2.39. The number of nitrogens with zero attached hydrogens (tertiary/aromatic N) is 3. The number of aliphatic hydroxyl groups excluding tert-OH is 1. The van der Waals surface area contributed by atoms with Gasteiger partial charge in [0.05, 0.1) is 19.3 Å². The molecular weight excluding hydrogens is 236 g/mol. The van der Waals surface area contributed by atoms with Crippen LogP contribution in [0, 0.1) is 0 Å². The van der Waals surface area contributed by atoms with Gasteiger partial charge in [0.1, 0.15) is 0 Å². The van der Waals surface area contributed by atoms with Gasteiger partial charge in [0.25, 0.3) is 0 Å². The Kier molecular flexibility index (Phi) is 3.78. The average molecular weight is 254 g/mol. The number of aliphatic hydroxyl groups is 1. The highest BCUT2D eigenvalue weighted by molar-refractivity contribution is 5.37. The van der Waals surface area contributed by atoms with Crippen molar-refractivity contribution in [3.8, 4) is 6.01 Å². The summed E-state index contributed by atoms with van der Waals surface area (Å²) in [6.07, 6.45) is 3.95. The summed E-state index contributed by atoms with van der Waals surface area (Å²) >= 11 is 0. The van der Waals surface area contributed by atoms with E-state index in [0.29, 0.717) is 5.95 Å². The largest absolute Gasteiger partial charge is 0.467 e. The lowest BCUT2D eigenvalue weighted by atomic mass is 9.99. The van der Waals surface area contributed by atoms with Gasteiger partial charge in [0, 0.05) is 0 Å². The van der Waals surface area contributed by atoms with Gasteiger partial charge in [-0.1, -0.05) is 12.8 Å². The molecule has 0 aliphatic heterocycles. The van der Waals surface area contributed by atoms with Crippen LogP contribution in [0.25, 0.3) is 0 Å². The number of rotatable bonds is 5. The highest BCUT2D eigenvalue weighted by Gasteiger charge is 2.34. The number of hydrogen-bond donors (Lipinski definition) is 4. The van der Waals surface area contributed by atoms with E-state index in [2.05, 4.69) is 25.7 Å². The zero-order valence-corrected chi connectivity index (χ0v) is 10.3. The molecule has 0 amide bonds. The summed E-state index contributed by atoms with van der Waals surface area (Å²) in [5.74, 6) is 5.85. The lowest BCUT2D eigenvalue weighted by molar-refractivity contribution is 0.213. The fourth-order valence-electron chi connectivity index (χ4n) is 2.18. The minimum Gasteiger partial charge on any atom is -0.467 e. The van der Waals surface area contributed by atoms with Gasteiger partial charge in [0.2, 0.25) is 11.9 Å². The van der Waals surface area contributed by atoms with Crippen molar-refractivity contribution in [2.45, 2.75) is 31.2 Å². The highest BCUT2D eigenvalue weighted by atomic mass is 16.5. The summed E-state index contributed by atoms with van der Waals surface area (Å²) in [5.41, 5.74) is 2.00. The van der Waals surface area contributed by atoms with Crippen molar-refractivity contribution in [2.75, 3.05) is 24.5 Å². The Hall–Kier alpha value is -1.67. The van der Waals surface area contributed by atoms with E-state index < -0.39 is 0 Å². The van der Waals surface area contributed by atoms with Crippen LogP contribution in [0.15, 0.2) is 0 Å². The van der Waals surface area contributed by atoms with E-state index in [-0.39, 0.29) is 24.1 Å². The SMILES string of the molecule is COc1nc(NN)nc(NC2(CO)CCCC2)n1. The first-order chi connectivity index (χ1) is 8.71. The van der Waals surface area contributed by atoms with Gasteiger partial charge in [-0.2, -0.15) is 15.0 Å². The van der Waals surface area contributed by atoms with E-state index in [1.807, 2.05) is 0 Å². The number of nitrogens with one attached hydrogen (secondary N) is 2. The Bertz CT molecular complexity index is 385. The standard InChI is InChI=1S/C10H18N6O2/c1-18-9-13-7(12-8(14-9)16-11)15-10(6-17)4-2-3-5-10/h17H,2-6,11H2,1H3,(H2,12,13,14,15,16). The molecule has 1 heterocycles. The van der Waals surface area contributed by atoms with Gasteiger partial charge in [-0.25, -0.2) is 5.84 Å². The first-order valence-corrected chi connectivity index (χ1v) is 5.87. The molecule has 8 nitrogen and oxygen atoms in total. The van der Waals surface area contributed by atoms with E-state index >= 15 is 0 Å². The Labute approximate surface area is 105 Å². The molecule has 0 atom stereocenters. The van der Waals surface area contributed by atoms with Crippen molar-refractivity contribution < 1.29 is 9.84 Å². The molecule has 0 saturated heterocycles. The number of hydrazine groups is 1. The second-order valence-corrected chi connectivity index (χ2v) is 4.38. The number of nitrogens with two attached hydrogens (primary N) is 1. The third kappa shape index (κ3) is 2.59. The topological polar surface area (TPSA) is 118 Å². The summed E-state index contributed by atoms with van der Waals surface area (Å²) in [6, 6.07) is 0.173. The molecule has 1 aromatic rings. The fourth-order valence-corrected chi connectivity index (χ4v) is 2.18. The normalized spacial score (nSPS) is 17.5. The Morgan fingerprint density at radius 1 is 1.28 bits per heavy atom. The predicted molar refractivity (Wildman–Crippen MR) is 66.1 cm³/mol. The van der Waals surface area contributed by atoms with Gasteiger partial charge >= 0.3 is 6.01 Å². The lowest BCUT2D eigenvalue weighted by Gasteiger charge is -2.27. The molecule has 1 aliphatic carbocycles. The number of anilines is 2. The minimum atomic E-state index is -0.349. The average Bonchev–Trinajstić information content (AvgIpc) is 2.87. The van der Waals surface area contributed by atoms with Crippen LogP contribution in [-0.4, -0.2) is 39.3 Å². The molecule has 5 N–H and O–H groups in total. The number of methoxy groups -OCH3 is 1. The predicted octanol–water partition coefficient (Wildman–Crippen LogP) is -0.117. The molecule has 1 aromatic heterocycles. The van der Waals surface area contributed by atoms with Crippen molar-refractivity contribution in [3.05, 3.63) is 0 Å². The van der Waals surface area contributed by atoms with Crippen LogP contribution in [0.4, 0.5) is 11.9 Å². The maximum Gasteiger partial charge on any atom is 0.322 e. The number of hydrogen-bond acceptors (Lipinski definition) is 8. The zero-order valence-electron chi connectivity index (χ0n) is 10.3. The van der Waals surface area contributed by atoms with Gasteiger partial charge < -0.3 is 15.2 Å². The highest BCUT2D eigenvalue weighted by Crippen LogP contribution is 2.32. The zero-order chi connectivity index (χ0) is 13.0. The minimum absolute atomic E-state index is 0.0480. The quantitative estimate of drug-likeness (QED) is 0.424. The van der Waals surface area contributed by atoms with Crippen LogP contribution in [0.5, 0.6) is 6.01 Å². The number of ether oxygens (including phenoxy) is 1. The molecule has 2 rings (SSSR count). The molecule has 1 aliphatic rings. The number of aromatic nitrogens is 3. The molecule has 0 unspecified atom stereocenters. The fraction of sp³-hybridized carbons (Fsp3) is 0.700. The second-order valence-electron chi connectivity index (χ2n) is 4.38. The summed E-state index contributed by atoms with van der Waals surface area (Å²) in [6.45, 7) is 0.0480. The third-order valence-electron chi connectivity index (χ3n) is 3.17. The van der Waals surface area contributed by atoms with Crippen molar-refractivity contribution in [3.63, 3.8) is 0 Å². The van der Waals surface area contributed by atoms with E-state index in [4.69, 9.17) is 10.6 Å². The molecule has 18 heavy (non-hydrogen) atoms. The molecule has 8 heteroatoms. The maximum atomic E-state index is 9.53. The summed E-state index contributed by atoms with van der Waals surface area (Å²) < 4.78 is 4.97. The molecule has 0 radical (unpaired) electrons. The van der Waals surface area contributed by atoms with E-state index in [0.717, 1.165) is 25.7 Å². The van der Waals surface area contributed by atoms with Crippen molar-refractivity contribution in [1.82, 2.24) is 15.0 Å². The molecular formula is C10H18N6O2. The first kappa shape index (κ1) is 12.8. The van der Waals surface area contributed by atoms with Crippen LogP contribution >= 0.6 is 0 Å². The van der Waals surface area contributed by atoms with Gasteiger partial charge in [0.15, 0.2) is 0 Å². The summed E-state index contributed by atoms with van der Waals surface area (Å²) in [5, 5.41) is 12.7. The Morgan fingerprint density at radius 3 is 2.50 bits per heavy atom. The van der Waals surface area contributed by atoms with Gasteiger partial charge in [-0.05, 0) is 12.8 Å². The Balaban J connectivity index is 2.21. The molecule has 1 fully saturated rings. The van der Waals surface area contributed by atoms with Crippen molar-refractivity contribution in [1.29, 1.82) is 0 Å². The van der Waals surface area contributed by atoms with Gasteiger partial charge in [-0.3, -0.25) is 5.43 Å². The third-order valence-corrected chi connectivity index (χ3v) is 3.17. The van der Waals surface area contributed by atoms with E-state index in [9.17, 15) is 5.11 Å². The van der Waals surface area contributed by atoms with Crippen LogP contribution in [-0.2, 0) is 0 Å². The van der Waals surface area contributed by atoms with Crippen LogP contribution in [0.2, 0.25) is 0 Å². The second kappa shape index (κ2) is 5.32. The van der Waals surface area contributed by atoms with E-state index in [1.54, 1.807) is 0 Å². The maximum absolute atomic E-state index is 9.53. The van der Waals surface area contributed by atoms with Crippen LogP contribution in [0.1, 0.15) is 25.7 Å². The van der Waals surface area contributed by atoms with Crippen molar-refractivity contribution >= 4 is 11.9 Å². The monoisotopic (exact) mass is 254 g/mol. The van der Waals surface area contributed by atoms with Crippen LogP contribution < -0.4 is 21.3 Å². The molecule has 1 saturated carbocycles. The molecule has 0 spiro atoms. The summed E-state index contributed by atoms with van der Waals surface area (Å²) in [7, 11) is 1.47. The van der Waals surface area contributed by atoms with E-state index in [1.165, 1.54) is 7.11 Å².